The van der Waals surface area contributed by atoms with Crippen molar-refractivity contribution in [2.75, 3.05) is 6.61 Å². The number of oxime groups is 1. The van der Waals surface area contributed by atoms with Gasteiger partial charge in [-0.25, -0.2) is 0 Å². The number of ether oxygens (including phenoxy) is 1. The Bertz CT molecular complexity index is 359. The molecule has 2 N–H and O–H groups in total. The molecule has 5 nitrogen and oxygen atoms in total. The molecule has 18 heavy (non-hydrogen) atoms. The Morgan fingerprint density at radius 3 is 2.83 bits per heavy atom. The second-order valence-electron chi connectivity index (χ2n) is 5.44. The number of rotatable bonds is 5. The van der Waals surface area contributed by atoms with Crippen molar-refractivity contribution in [2.24, 2.45) is 10.9 Å². The summed E-state index contributed by atoms with van der Waals surface area (Å²) in [5, 5.41) is 4.13. The molecule has 0 aromatic rings. The predicted molar refractivity (Wildman–Crippen MR) is 68.2 cm³/mol. The summed E-state index contributed by atoms with van der Waals surface area (Å²) in [5.74, 6) is -0.318. The number of esters is 1. The first-order valence-electron chi connectivity index (χ1n) is 6.73. The number of carbonyl (C=O) groups excluding carboxylic acids is 1. The summed E-state index contributed by atoms with van der Waals surface area (Å²) in [7, 11) is 0. The van der Waals surface area contributed by atoms with E-state index in [4.69, 9.17) is 15.3 Å². The van der Waals surface area contributed by atoms with Gasteiger partial charge in [-0.1, -0.05) is 18.5 Å². The average Bonchev–Trinajstić information content (AvgIpc) is 2.70. The van der Waals surface area contributed by atoms with Crippen molar-refractivity contribution in [1.82, 2.24) is 0 Å². The summed E-state index contributed by atoms with van der Waals surface area (Å²) < 4.78 is 4.99. The fraction of sp³-hybridized carbons (Fsp3) is 0.846. The van der Waals surface area contributed by atoms with Crippen molar-refractivity contribution in [1.29, 1.82) is 0 Å². The minimum Gasteiger partial charge on any atom is -0.465 e. The van der Waals surface area contributed by atoms with E-state index in [1.165, 1.54) is 0 Å². The van der Waals surface area contributed by atoms with Crippen molar-refractivity contribution >= 4 is 11.7 Å². The van der Waals surface area contributed by atoms with Gasteiger partial charge in [0.15, 0.2) is 0 Å². The van der Waals surface area contributed by atoms with Crippen LogP contribution in [0, 0.1) is 0 Å². The van der Waals surface area contributed by atoms with Gasteiger partial charge in [-0.3, -0.25) is 4.79 Å². The highest BCUT2D eigenvalue weighted by Gasteiger charge is 2.61. The van der Waals surface area contributed by atoms with Gasteiger partial charge in [-0.2, -0.15) is 0 Å². The minimum absolute atomic E-state index is 0.318. The van der Waals surface area contributed by atoms with E-state index >= 15 is 0 Å². The van der Waals surface area contributed by atoms with Crippen molar-refractivity contribution in [2.45, 2.75) is 63.5 Å². The number of unbranched alkanes of at least 4 members (excludes halogenated alkanes) is 1. The van der Waals surface area contributed by atoms with Crippen LogP contribution in [0.1, 0.15) is 52.4 Å². The van der Waals surface area contributed by atoms with Crippen LogP contribution in [0.25, 0.3) is 0 Å². The lowest BCUT2D eigenvalue weighted by molar-refractivity contribution is -0.173. The number of hydrogen-bond acceptors (Lipinski definition) is 5. The molecule has 0 atom stereocenters. The van der Waals surface area contributed by atoms with E-state index in [1.54, 1.807) is 6.92 Å². The van der Waals surface area contributed by atoms with Crippen LogP contribution in [0.15, 0.2) is 5.16 Å². The Hall–Kier alpha value is -1.10. The standard InChI is InChI=1S/C13H22N2O3/c1-3-5-6-10-7-12(18-15-10)8-13(14,9-12)11(16)17-4-2/h3-9,14H2,1-2H3. The molecule has 1 spiro atoms. The third-order valence-corrected chi connectivity index (χ3v) is 3.67. The van der Waals surface area contributed by atoms with E-state index < -0.39 is 5.54 Å². The van der Waals surface area contributed by atoms with Crippen molar-refractivity contribution < 1.29 is 14.4 Å². The maximum absolute atomic E-state index is 11.7. The summed E-state index contributed by atoms with van der Waals surface area (Å²) in [6.07, 6.45) is 5.09. The first kappa shape index (κ1) is 13.3. The first-order valence-corrected chi connectivity index (χ1v) is 6.73. The van der Waals surface area contributed by atoms with Crippen LogP contribution < -0.4 is 5.73 Å². The van der Waals surface area contributed by atoms with Crippen molar-refractivity contribution in [3.05, 3.63) is 0 Å². The van der Waals surface area contributed by atoms with E-state index in [2.05, 4.69) is 12.1 Å². The molecule has 1 heterocycles. The van der Waals surface area contributed by atoms with Gasteiger partial charge in [0.05, 0.1) is 12.3 Å². The Balaban J connectivity index is 1.84. The second kappa shape index (κ2) is 4.88. The van der Waals surface area contributed by atoms with Crippen LogP contribution in [-0.2, 0) is 14.4 Å². The zero-order chi connectivity index (χ0) is 13.2. The zero-order valence-corrected chi connectivity index (χ0v) is 11.2. The third-order valence-electron chi connectivity index (χ3n) is 3.67. The highest BCUT2D eigenvalue weighted by Crippen LogP contribution is 2.48. The SMILES string of the molecule is CCCCC1=NOC2(C1)CC(N)(C(=O)OCC)C2. The van der Waals surface area contributed by atoms with E-state index in [0.29, 0.717) is 19.4 Å². The van der Waals surface area contributed by atoms with Gasteiger partial charge in [0, 0.05) is 19.3 Å². The topological polar surface area (TPSA) is 73.9 Å². The molecule has 0 amide bonds. The highest BCUT2D eigenvalue weighted by molar-refractivity contribution is 5.88. The van der Waals surface area contributed by atoms with Gasteiger partial charge >= 0.3 is 5.97 Å². The van der Waals surface area contributed by atoms with Gasteiger partial charge in [0.2, 0.25) is 0 Å². The Labute approximate surface area is 108 Å². The summed E-state index contributed by atoms with van der Waals surface area (Å²) >= 11 is 0. The fourth-order valence-electron chi connectivity index (χ4n) is 2.82. The Morgan fingerprint density at radius 2 is 2.22 bits per heavy atom. The van der Waals surface area contributed by atoms with Crippen LogP contribution in [-0.4, -0.2) is 29.4 Å². The summed E-state index contributed by atoms with van der Waals surface area (Å²) in [4.78, 5) is 17.2. The number of nitrogens with zero attached hydrogens (tertiary/aromatic N) is 1. The lowest BCUT2D eigenvalue weighted by Gasteiger charge is -2.47. The van der Waals surface area contributed by atoms with Crippen LogP contribution in [0.2, 0.25) is 0 Å². The van der Waals surface area contributed by atoms with Gasteiger partial charge in [-0.15, -0.1) is 0 Å². The van der Waals surface area contributed by atoms with Gasteiger partial charge in [0.25, 0.3) is 0 Å². The van der Waals surface area contributed by atoms with Crippen molar-refractivity contribution in [3.63, 3.8) is 0 Å². The summed E-state index contributed by atoms with van der Waals surface area (Å²) in [6.45, 7) is 4.30. The molecule has 2 rings (SSSR count). The molecule has 0 radical (unpaired) electrons. The van der Waals surface area contributed by atoms with Crippen LogP contribution in [0.5, 0.6) is 0 Å². The lowest BCUT2D eigenvalue weighted by atomic mass is 9.63. The lowest BCUT2D eigenvalue weighted by Crippen LogP contribution is -2.66. The number of hydrogen-bond donors (Lipinski definition) is 1. The molecule has 0 bridgehead atoms. The van der Waals surface area contributed by atoms with Crippen LogP contribution in [0.3, 0.4) is 0 Å². The van der Waals surface area contributed by atoms with Gasteiger partial charge in [0.1, 0.15) is 11.1 Å². The van der Waals surface area contributed by atoms with E-state index in [9.17, 15) is 4.79 Å². The Morgan fingerprint density at radius 1 is 1.50 bits per heavy atom. The average molecular weight is 254 g/mol. The molecule has 1 fully saturated rings. The van der Waals surface area contributed by atoms with E-state index in [-0.39, 0.29) is 11.6 Å². The van der Waals surface area contributed by atoms with Crippen LogP contribution >= 0.6 is 0 Å². The molecule has 0 saturated heterocycles. The summed E-state index contributed by atoms with van der Waals surface area (Å²) in [6, 6.07) is 0. The molecule has 0 aromatic heterocycles. The monoisotopic (exact) mass is 254 g/mol. The van der Waals surface area contributed by atoms with Crippen molar-refractivity contribution in [3.8, 4) is 0 Å². The third kappa shape index (κ3) is 2.36. The Kier molecular flexibility index (Phi) is 3.61. The molecular weight excluding hydrogens is 232 g/mol. The molecular formula is C13H22N2O3. The second-order valence-corrected chi connectivity index (χ2v) is 5.44. The molecule has 1 aliphatic heterocycles. The quantitative estimate of drug-likeness (QED) is 0.758. The molecule has 5 heteroatoms. The maximum Gasteiger partial charge on any atom is 0.326 e. The molecule has 0 aromatic carbocycles. The largest absolute Gasteiger partial charge is 0.465 e. The molecule has 0 unspecified atom stereocenters. The van der Waals surface area contributed by atoms with Gasteiger partial charge in [-0.05, 0) is 19.8 Å². The highest BCUT2D eigenvalue weighted by atomic mass is 16.7. The predicted octanol–water partition coefficient (Wildman–Crippen LogP) is 1.75. The first-order chi connectivity index (χ1) is 8.53. The molecule has 1 saturated carbocycles. The van der Waals surface area contributed by atoms with E-state index in [0.717, 1.165) is 31.4 Å². The van der Waals surface area contributed by atoms with Crippen LogP contribution in [0.4, 0.5) is 0 Å². The zero-order valence-electron chi connectivity index (χ0n) is 11.2. The smallest absolute Gasteiger partial charge is 0.326 e. The molecule has 1 aliphatic carbocycles. The number of nitrogens with two attached hydrogens (primary N) is 1. The fourth-order valence-corrected chi connectivity index (χ4v) is 2.82. The van der Waals surface area contributed by atoms with Gasteiger partial charge < -0.3 is 15.3 Å². The minimum atomic E-state index is -0.869. The molecule has 102 valence electrons. The normalized spacial score (nSPS) is 33.8. The van der Waals surface area contributed by atoms with E-state index in [1.807, 2.05) is 0 Å². The summed E-state index contributed by atoms with van der Waals surface area (Å²) in [5.41, 5.74) is 5.93. The number of carbonyl (C=O) groups is 1. The molecule has 2 aliphatic rings. The maximum atomic E-state index is 11.7.